The Balaban J connectivity index is 0.00000225. The van der Waals surface area contributed by atoms with Gasteiger partial charge in [0.05, 0.1) is 25.3 Å². The van der Waals surface area contributed by atoms with Crippen molar-refractivity contribution in [2.75, 3.05) is 13.7 Å². The third-order valence-corrected chi connectivity index (χ3v) is 3.82. The minimum Gasteiger partial charge on any atom is -0.465 e. The van der Waals surface area contributed by atoms with Crippen molar-refractivity contribution in [3.63, 3.8) is 0 Å². The third-order valence-electron chi connectivity index (χ3n) is 3.82. The molecule has 1 amide bonds. The molecule has 0 spiro atoms. The number of rotatable bonds is 5. The number of amides is 1. The fraction of sp³-hybridized carbons (Fsp3) is 0.375. The van der Waals surface area contributed by atoms with E-state index in [4.69, 9.17) is 4.52 Å². The van der Waals surface area contributed by atoms with E-state index in [0.29, 0.717) is 22.8 Å². The molecular weight excluding hydrogens is 348 g/mol. The van der Waals surface area contributed by atoms with E-state index in [1.165, 1.54) is 7.11 Å². The zero-order valence-corrected chi connectivity index (χ0v) is 14.5. The molecule has 0 saturated carbocycles. The lowest BCUT2D eigenvalue weighted by Gasteiger charge is -2.08. The second-order valence-corrected chi connectivity index (χ2v) is 5.45. The van der Waals surface area contributed by atoms with Crippen LogP contribution in [0.4, 0.5) is 0 Å². The molecule has 2 heterocycles. The lowest BCUT2D eigenvalue weighted by atomic mass is 10.1. The van der Waals surface area contributed by atoms with E-state index in [2.05, 4.69) is 25.5 Å². The van der Waals surface area contributed by atoms with Crippen molar-refractivity contribution in [2.24, 2.45) is 0 Å². The van der Waals surface area contributed by atoms with Gasteiger partial charge in [-0.2, -0.15) is 4.98 Å². The van der Waals surface area contributed by atoms with E-state index in [-0.39, 0.29) is 30.9 Å². The minimum absolute atomic E-state index is 0. The Hall–Kier alpha value is -2.45. The summed E-state index contributed by atoms with van der Waals surface area (Å²) in [4.78, 5) is 27.6. The molecule has 1 fully saturated rings. The highest BCUT2D eigenvalue weighted by atomic mass is 35.5. The van der Waals surface area contributed by atoms with Crippen LogP contribution >= 0.6 is 12.4 Å². The number of benzene rings is 1. The van der Waals surface area contributed by atoms with Crippen LogP contribution in [0.3, 0.4) is 0 Å². The Morgan fingerprint density at radius 3 is 2.76 bits per heavy atom. The number of methoxy groups -OCH3 is 1. The number of carbonyl (C=O) groups is 2. The van der Waals surface area contributed by atoms with Crippen LogP contribution in [0, 0.1) is 0 Å². The van der Waals surface area contributed by atoms with Gasteiger partial charge >= 0.3 is 5.97 Å². The molecule has 25 heavy (non-hydrogen) atoms. The normalized spacial score (nSPS) is 16.1. The van der Waals surface area contributed by atoms with Crippen LogP contribution < -0.4 is 10.6 Å². The van der Waals surface area contributed by atoms with Crippen molar-refractivity contribution in [3.8, 4) is 11.4 Å². The van der Waals surface area contributed by atoms with Crippen molar-refractivity contribution in [2.45, 2.75) is 25.4 Å². The van der Waals surface area contributed by atoms with Crippen molar-refractivity contribution in [3.05, 3.63) is 35.7 Å². The zero-order chi connectivity index (χ0) is 16.9. The SMILES string of the molecule is COC(=O)c1ccc(-c2noc(CNC(=O)C3CCCN3)n2)cc1.Cl. The summed E-state index contributed by atoms with van der Waals surface area (Å²) in [5.41, 5.74) is 1.16. The standard InChI is InChI=1S/C16H18N4O4.ClH/c1-23-16(22)11-6-4-10(5-7-11)14-19-13(24-20-14)9-18-15(21)12-3-2-8-17-12;/h4-7,12,17H,2-3,8-9H2,1H3,(H,18,21);1H. The predicted octanol–water partition coefficient (Wildman–Crippen LogP) is 1.31. The first-order valence-electron chi connectivity index (χ1n) is 7.70. The minimum atomic E-state index is -0.404. The molecule has 0 aliphatic carbocycles. The van der Waals surface area contributed by atoms with Crippen molar-refractivity contribution in [1.29, 1.82) is 0 Å². The maximum Gasteiger partial charge on any atom is 0.337 e. The van der Waals surface area contributed by atoms with Crippen LogP contribution in [0.2, 0.25) is 0 Å². The molecule has 3 rings (SSSR count). The summed E-state index contributed by atoms with van der Waals surface area (Å²) in [6.07, 6.45) is 1.85. The largest absolute Gasteiger partial charge is 0.465 e. The van der Waals surface area contributed by atoms with Crippen LogP contribution in [0.15, 0.2) is 28.8 Å². The predicted molar refractivity (Wildman–Crippen MR) is 91.2 cm³/mol. The Morgan fingerprint density at radius 2 is 2.12 bits per heavy atom. The number of esters is 1. The van der Waals surface area contributed by atoms with E-state index in [1.54, 1.807) is 24.3 Å². The first-order chi connectivity index (χ1) is 11.7. The summed E-state index contributed by atoms with van der Waals surface area (Å²) in [5, 5.41) is 9.79. The Morgan fingerprint density at radius 1 is 1.36 bits per heavy atom. The van der Waals surface area contributed by atoms with Gasteiger partial charge in [-0.15, -0.1) is 12.4 Å². The Kier molecular flexibility index (Phi) is 6.49. The van der Waals surface area contributed by atoms with Gasteiger partial charge < -0.3 is 19.9 Å². The average Bonchev–Trinajstić information content (AvgIpc) is 3.31. The summed E-state index contributed by atoms with van der Waals surface area (Å²) in [6.45, 7) is 1.05. The van der Waals surface area contributed by atoms with Gasteiger partial charge in [0.2, 0.25) is 17.6 Å². The number of halogens is 1. The van der Waals surface area contributed by atoms with Crippen LogP contribution in [-0.4, -0.2) is 41.7 Å². The Bertz CT molecular complexity index is 726. The summed E-state index contributed by atoms with van der Waals surface area (Å²) in [5.74, 6) is 0.260. The highest BCUT2D eigenvalue weighted by molar-refractivity contribution is 5.89. The zero-order valence-electron chi connectivity index (χ0n) is 13.7. The lowest BCUT2D eigenvalue weighted by molar-refractivity contribution is -0.123. The van der Waals surface area contributed by atoms with Gasteiger partial charge in [0.15, 0.2) is 0 Å². The van der Waals surface area contributed by atoms with Crippen LogP contribution in [0.5, 0.6) is 0 Å². The monoisotopic (exact) mass is 366 g/mol. The van der Waals surface area contributed by atoms with Crippen molar-refractivity contribution >= 4 is 24.3 Å². The highest BCUT2D eigenvalue weighted by Gasteiger charge is 2.22. The van der Waals surface area contributed by atoms with Crippen molar-refractivity contribution in [1.82, 2.24) is 20.8 Å². The number of nitrogens with one attached hydrogen (secondary N) is 2. The molecule has 2 aromatic rings. The van der Waals surface area contributed by atoms with Gasteiger partial charge in [0.1, 0.15) is 0 Å². The molecule has 1 unspecified atom stereocenters. The molecule has 1 atom stereocenters. The first kappa shape index (κ1) is 18.9. The molecular formula is C16H19ClN4O4. The fourth-order valence-corrected chi connectivity index (χ4v) is 2.51. The molecule has 0 bridgehead atoms. The molecule has 9 heteroatoms. The number of ether oxygens (including phenoxy) is 1. The van der Waals surface area contributed by atoms with Crippen LogP contribution in [0.1, 0.15) is 29.1 Å². The summed E-state index contributed by atoms with van der Waals surface area (Å²) in [7, 11) is 1.33. The molecule has 0 radical (unpaired) electrons. The molecule has 1 aromatic heterocycles. The van der Waals surface area contributed by atoms with E-state index < -0.39 is 5.97 Å². The van der Waals surface area contributed by atoms with Gasteiger partial charge in [-0.05, 0) is 31.5 Å². The van der Waals surface area contributed by atoms with E-state index in [1.807, 2.05) is 0 Å². The maximum atomic E-state index is 11.9. The van der Waals surface area contributed by atoms with Gasteiger partial charge in [0, 0.05) is 5.56 Å². The number of aromatic nitrogens is 2. The van der Waals surface area contributed by atoms with Crippen molar-refractivity contribution < 1.29 is 18.8 Å². The van der Waals surface area contributed by atoms with E-state index in [9.17, 15) is 9.59 Å². The second-order valence-electron chi connectivity index (χ2n) is 5.45. The average molecular weight is 367 g/mol. The van der Waals surface area contributed by atoms with Crippen LogP contribution in [0.25, 0.3) is 11.4 Å². The number of carbonyl (C=O) groups excluding carboxylic acids is 2. The molecule has 8 nitrogen and oxygen atoms in total. The first-order valence-corrected chi connectivity index (χ1v) is 7.70. The smallest absolute Gasteiger partial charge is 0.337 e. The third kappa shape index (κ3) is 4.55. The van der Waals surface area contributed by atoms with E-state index in [0.717, 1.165) is 19.4 Å². The second kappa shape index (κ2) is 8.59. The summed E-state index contributed by atoms with van der Waals surface area (Å²) < 4.78 is 9.79. The van der Waals surface area contributed by atoms with Gasteiger partial charge in [-0.1, -0.05) is 17.3 Å². The molecule has 134 valence electrons. The Labute approximate surface area is 150 Å². The topological polar surface area (TPSA) is 106 Å². The van der Waals surface area contributed by atoms with E-state index >= 15 is 0 Å². The molecule has 1 aliphatic rings. The van der Waals surface area contributed by atoms with Crippen LogP contribution in [-0.2, 0) is 16.1 Å². The summed E-state index contributed by atoms with van der Waals surface area (Å²) >= 11 is 0. The quantitative estimate of drug-likeness (QED) is 0.768. The highest BCUT2D eigenvalue weighted by Crippen LogP contribution is 2.17. The fourth-order valence-electron chi connectivity index (χ4n) is 2.51. The summed E-state index contributed by atoms with van der Waals surface area (Å²) in [6, 6.07) is 6.54. The number of nitrogens with zero attached hydrogens (tertiary/aromatic N) is 2. The number of hydrogen-bond acceptors (Lipinski definition) is 7. The van der Waals surface area contributed by atoms with Gasteiger partial charge in [-0.25, -0.2) is 4.79 Å². The van der Waals surface area contributed by atoms with Gasteiger partial charge in [-0.3, -0.25) is 4.79 Å². The molecule has 1 aromatic carbocycles. The molecule has 1 saturated heterocycles. The number of hydrogen-bond donors (Lipinski definition) is 2. The molecule has 1 aliphatic heterocycles. The molecule has 2 N–H and O–H groups in total. The lowest BCUT2D eigenvalue weighted by Crippen LogP contribution is -2.40. The maximum absolute atomic E-state index is 11.9. The van der Waals surface area contributed by atoms with Gasteiger partial charge in [0.25, 0.3) is 0 Å².